The molecule has 183 valence electrons. The Kier molecular flexibility index (Phi) is 19.8. The Morgan fingerprint density at radius 1 is 0.500 bits per heavy atom. The van der Waals surface area contributed by atoms with Crippen molar-refractivity contribution in [2.75, 3.05) is 0 Å². The molecule has 0 bridgehead atoms. The van der Waals surface area contributed by atoms with Gasteiger partial charge >= 0.3 is 24.7 Å². The van der Waals surface area contributed by atoms with Crippen LogP contribution in [-0.2, 0) is 26.7 Å². The second-order valence-electron chi connectivity index (χ2n) is 3.78. The van der Waals surface area contributed by atoms with Gasteiger partial charge in [-0.2, -0.15) is 52.7 Å². The van der Waals surface area contributed by atoms with Gasteiger partial charge in [0.05, 0.1) is 0 Å². The smallest absolute Gasteiger partial charge is 0.454 e. The predicted octanol–water partition coefficient (Wildman–Crippen LogP) is 1.77. The first-order chi connectivity index (χ1) is 11.1. The van der Waals surface area contributed by atoms with Crippen LogP contribution in [0.5, 0.6) is 0 Å². The number of aliphatic hydroxyl groups excluding tert-OH is 2. The van der Waals surface area contributed by atoms with E-state index >= 15 is 0 Å². The van der Waals surface area contributed by atoms with Crippen LogP contribution in [0.3, 0.4) is 0 Å². The third kappa shape index (κ3) is 18.0. The van der Waals surface area contributed by atoms with Crippen molar-refractivity contribution in [2.24, 2.45) is 0 Å². The molecule has 0 saturated heterocycles. The molecular formula is C10H10F12MnO7. The summed E-state index contributed by atoms with van der Waals surface area (Å²) >= 11 is 0. The Hall–Kier alpha value is -2.02. The summed E-state index contributed by atoms with van der Waals surface area (Å²) in [6, 6.07) is 0. The second kappa shape index (κ2) is 14.1. The first kappa shape index (κ1) is 42.2. The Morgan fingerprint density at radius 3 is 0.767 bits per heavy atom. The van der Waals surface area contributed by atoms with Crippen molar-refractivity contribution in [3.8, 4) is 0 Å². The van der Waals surface area contributed by atoms with Gasteiger partial charge < -0.3 is 26.6 Å². The van der Waals surface area contributed by atoms with Gasteiger partial charge in [0, 0.05) is 29.2 Å². The minimum Gasteiger partial charge on any atom is -0.504 e. The molecule has 8 N–H and O–H groups in total. The molecule has 0 heterocycles. The summed E-state index contributed by atoms with van der Waals surface area (Å²) in [5.41, 5.74) is 0. The molecule has 0 saturated carbocycles. The van der Waals surface area contributed by atoms with Crippen LogP contribution in [0.2, 0.25) is 0 Å². The van der Waals surface area contributed by atoms with E-state index in [0.717, 1.165) is 0 Å². The van der Waals surface area contributed by atoms with Gasteiger partial charge in [-0.15, -0.1) is 0 Å². The summed E-state index contributed by atoms with van der Waals surface area (Å²) in [5, 5.41) is 15.9. The maximum Gasteiger partial charge on any atom is 0.454 e. The maximum atomic E-state index is 11.4. The zero-order valence-electron chi connectivity index (χ0n) is 13.3. The topological polar surface area (TPSA) is 169 Å². The fourth-order valence-electron chi connectivity index (χ4n) is 0.576. The number of alkyl halides is 12. The molecule has 0 aromatic carbocycles. The van der Waals surface area contributed by atoms with Crippen molar-refractivity contribution in [3.63, 3.8) is 0 Å². The Labute approximate surface area is 167 Å². The zero-order valence-corrected chi connectivity index (χ0v) is 14.5. The number of carbonyl (C=O) groups is 2. The SMILES string of the molecule is O.O.O.O=C(/C=C(/O)C(F)(F)F)C(F)(F)F.O=C(/C=C(/O)C(F)(F)F)C(F)(F)F.[Mn]. The number of allylic oxidation sites excluding steroid dienone is 4. The average molecular weight is 525 g/mol. The molecule has 7 nitrogen and oxygen atoms in total. The van der Waals surface area contributed by atoms with E-state index in [0.29, 0.717) is 0 Å². The Balaban J connectivity index is -0.0000000847. The van der Waals surface area contributed by atoms with Crippen LogP contribution in [-0.4, -0.2) is 62.9 Å². The number of hydrogen-bond acceptors (Lipinski definition) is 4. The third-order valence-electron chi connectivity index (χ3n) is 1.68. The van der Waals surface area contributed by atoms with Crippen LogP contribution in [0.4, 0.5) is 52.7 Å². The molecule has 1 radical (unpaired) electrons. The van der Waals surface area contributed by atoms with Crippen LogP contribution < -0.4 is 0 Å². The number of hydrogen-bond donors (Lipinski definition) is 2. The van der Waals surface area contributed by atoms with E-state index in [-0.39, 0.29) is 33.5 Å². The van der Waals surface area contributed by atoms with E-state index in [1.807, 2.05) is 0 Å². The third-order valence-corrected chi connectivity index (χ3v) is 1.68. The summed E-state index contributed by atoms with van der Waals surface area (Å²) in [6.07, 6.45) is -23.4. The molecule has 0 atom stereocenters. The maximum absolute atomic E-state index is 11.4. The average Bonchev–Trinajstić information content (AvgIpc) is 2.34. The second-order valence-corrected chi connectivity index (χ2v) is 3.78. The van der Waals surface area contributed by atoms with Gasteiger partial charge in [0.25, 0.3) is 11.6 Å². The first-order valence-corrected chi connectivity index (χ1v) is 5.28. The monoisotopic (exact) mass is 525 g/mol. The molecule has 0 spiro atoms. The Morgan fingerprint density at radius 2 is 0.667 bits per heavy atom. The summed E-state index contributed by atoms with van der Waals surface area (Å²) < 4.78 is 136. The molecule has 0 aliphatic carbocycles. The largest absolute Gasteiger partial charge is 0.504 e. The van der Waals surface area contributed by atoms with Crippen LogP contribution in [0.1, 0.15) is 0 Å². The van der Waals surface area contributed by atoms with Gasteiger partial charge in [0.2, 0.25) is 11.5 Å². The molecule has 0 aliphatic heterocycles. The molecule has 0 fully saturated rings. The number of rotatable bonds is 2. The van der Waals surface area contributed by atoms with Crippen LogP contribution >= 0.6 is 0 Å². The molecule has 0 unspecified atom stereocenters. The number of carbonyl (C=O) groups excluding carboxylic acids is 2. The van der Waals surface area contributed by atoms with Gasteiger partial charge in [-0.1, -0.05) is 0 Å². The fourth-order valence-corrected chi connectivity index (χ4v) is 0.576. The predicted molar refractivity (Wildman–Crippen MR) is 66.5 cm³/mol. The summed E-state index contributed by atoms with van der Waals surface area (Å²) in [7, 11) is 0. The van der Waals surface area contributed by atoms with Crippen LogP contribution in [0.15, 0.2) is 23.7 Å². The number of ketones is 2. The van der Waals surface area contributed by atoms with Crippen molar-refractivity contribution in [3.05, 3.63) is 23.7 Å². The number of halogens is 12. The van der Waals surface area contributed by atoms with E-state index in [2.05, 4.69) is 0 Å². The molecule has 0 aromatic heterocycles. The van der Waals surface area contributed by atoms with Crippen molar-refractivity contribution >= 4 is 11.6 Å². The minimum absolute atomic E-state index is 0. The molecular weight excluding hydrogens is 515 g/mol. The van der Waals surface area contributed by atoms with Crippen LogP contribution in [0, 0.1) is 0 Å². The van der Waals surface area contributed by atoms with Crippen molar-refractivity contribution in [1.82, 2.24) is 0 Å². The molecule has 0 aromatic rings. The molecule has 30 heavy (non-hydrogen) atoms. The van der Waals surface area contributed by atoms with Crippen molar-refractivity contribution in [2.45, 2.75) is 24.7 Å². The minimum atomic E-state index is -5.42. The first-order valence-electron chi connectivity index (χ1n) is 5.28. The molecule has 0 rings (SSSR count). The summed E-state index contributed by atoms with van der Waals surface area (Å²) in [4.78, 5) is 19.7. The van der Waals surface area contributed by atoms with Gasteiger partial charge in [0.15, 0.2) is 0 Å². The molecule has 0 aliphatic rings. The van der Waals surface area contributed by atoms with Crippen molar-refractivity contribution in [1.29, 1.82) is 0 Å². The van der Waals surface area contributed by atoms with E-state index in [1.165, 1.54) is 0 Å². The summed E-state index contributed by atoms with van der Waals surface area (Å²) in [5.74, 6) is -10.7. The fraction of sp³-hybridized carbons (Fsp3) is 0.400. The quantitative estimate of drug-likeness (QED) is 0.243. The van der Waals surface area contributed by atoms with Crippen LogP contribution in [0.25, 0.3) is 0 Å². The van der Waals surface area contributed by atoms with E-state index < -0.39 is 59.9 Å². The van der Waals surface area contributed by atoms with Gasteiger partial charge in [-0.05, 0) is 0 Å². The van der Waals surface area contributed by atoms with E-state index in [9.17, 15) is 62.3 Å². The van der Waals surface area contributed by atoms with Gasteiger partial charge in [-0.3, -0.25) is 9.59 Å². The summed E-state index contributed by atoms with van der Waals surface area (Å²) in [6.45, 7) is 0. The van der Waals surface area contributed by atoms with Gasteiger partial charge in [-0.25, -0.2) is 0 Å². The van der Waals surface area contributed by atoms with E-state index in [1.54, 1.807) is 0 Å². The normalized spacial score (nSPS) is 12.5. The van der Waals surface area contributed by atoms with Crippen molar-refractivity contribution < 1.29 is 106 Å². The number of aliphatic hydroxyl groups is 2. The zero-order chi connectivity index (χ0) is 21.7. The molecule has 20 heteroatoms. The van der Waals surface area contributed by atoms with E-state index in [4.69, 9.17) is 10.2 Å². The van der Waals surface area contributed by atoms with Gasteiger partial charge in [0.1, 0.15) is 0 Å². The Bertz CT molecular complexity index is 534. The molecule has 0 amide bonds. The standard InChI is InChI=1S/2C5H2F6O2.Mn.3H2O/c2*6-4(7,8)2(12)1-3(13)5(9,10)11;;;;/h2*1,12H;;3*1H2/b2*2-1+;;;;.